The number of carbonyl (C=O) groups is 2. The molecule has 6 heteroatoms. The van der Waals surface area contributed by atoms with Gasteiger partial charge in [0.1, 0.15) is 11.9 Å². The lowest BCUT2D eigenvalue weighted by atomic mass is 10.1. The van der Waals surface area contributed by atoms with Gasteiger partial charge in [0.2, 0.25) is 5.91 Å². The Bertz CT molecular complexity index is 519. The first kappa shape index (κ1) is 18.1. The van der Waals surface area contributed by atoms with Gasteiger partial charge in [-0.25, -0.2) is 4.39 Å². The maximum absolute atomic E-state index is 13.0. The van der Waals surface area contributed by atoms with Crippen LogP contribution in [0, 0.1) is 5.82 Å². The summed E-state index contributed by atoms with van der Waals surface area (Å²) in [4.78, 5) is 26.5. The number of likely N-dealkylation sites (N-methyl/N-ethyl adjacent to an activating group) is 2. The third-order valence-electron chi connectivity index (χ3n) is 3.88. The van der Waals surface area contributed by atoms with Crippen LogP contribution in [0.4, 0.5) is 4.39 Å². The van der Waals surface area contributed by atoms with Crippen LogP contribution in [0.1, 0.15) is 32.4 Å². The Hall–Kier alpha value is -1.95. The van der Waals surface area contributed by atoms with Gasteiger partial charge in [-0.05, 0) is 45.5 Å². The molecule has 2 atom stereocenters. The molecule has 1 aromatic rings. The van der Waals surface area contributed by atoms with Crippen molar-refractivity contribution in [1.82, 2.24) is 9.80 Å². The summed E-state index contributed by atoms with van der Waals surface area (Å²) in [7, 11) is 1.60. The van der Waals surface area contributed by atoms with Gasteiger partial charge >= 0.3 is 5.97 Å². The Balaban J connectivity index is 2.79. The lowest BCUT2D eigenvalue weighted by Gasteiger charge is -2.31. The zero-order chi connectivity index (χ0) is 16.9. The van der Waals surface area contributed by atoms with E-state index in [2.05, 4.69) is 0 Å². The molecule has 0 bridgehead atoms. The van der Waals surface area contributed by atoms with Crippen LogP contribution in [0.3, 0.4) is 0 Å². The van der Waals surface area contributed by atoms with Gasteiger partial charge in [0.25, 0.3) is 0 Å². The summed E-state index contributed by atoms with van der Waals surface area (Å²) in [5.74, 6) is -1.44. The molecule has 1 N–H and O–H groups in total. The van der Waals surface area contributed by atoms with E-state index in [-0.39, 0.29) is 24.3 Å². The Morgan fingerprint density at radius 3 is 2.23 bits per heavy atom. The summed E-state index contributed by atoms with van der Waals surface area (Å²) in [6.07, 6.45) is 0. The molecule has 0 aliphatic carbocycles. The van der Waals surface area contributed by atoms with Crippen molar-refractivity contribution in [3.63, 3.8) is 0 Å². The molecule has 0 radical (unpaired) electrons. The Kier molecular flexibility index (Phi) is 6.49. The molecule has 0 aromatic heterocycles. The average molecular weight is 310 g/mol. The first-order valence-corrected chi connectivity index (χ1v) is 7.25. The molecule has 0 heterocycles. The number of benzene rings is 1. The smallest absolute Gasteiger partial charge is 0.320 e. The highest BCUT2D eigenvalue weighted by Crippen LogP contribution is 2.20. The molecule has 0 aliphatic heterocycles. The van der Waals surface area contributed by atoms with Crippen LogP contribution in [0.2, 0.25) is 0 Å². The molecule has 2 unspecified atom stereocenters. The largest absolute Gasteiger partial charge is 0.480 e. The first-order valence-electron chi connectivity index (χ1n) is 7.25. The molecule has 0 spiro atoms. The molecule has 122 valence electrons. The lowest BCUT2D eigenvalue weighted by Crippen LogP contribution is -2.45. The van der Waals surface area contributed by atoms with Crippen LogP contribution >= 0.6 is 0 Å². The summed E-state index contributed by atoms with van der Waals surface area (Å²) in [6.45, 7) is 5.78. The molecular weight excluding hydrogens is 287 g/mol. The molecular formula is C16H23FN2O3. The van der Waals surface area contributed by atoms with E-state index in [1.165, 1.54) is 24.0 Å². The average Bonchev–Trinajstić information content (AvgIpc) is 2.47. The highest BCUT2D eigenvalue weighted by molar-refractivity contribution is 5.80. The number of aliphatic carboxylic acids is 1. The third kappa shape index (κ3) is 4.53. The highest BCUT2D eigenvalue weighted by atomic mass is 19.1. The van der Waals surface area contributed by atoms with Crippen molar-refractivity contribution in [1.29, 1.82) is 0 Å². The predicted octanol–water partition coefficient (Wildman–Crippen LogP) is 2.14. The molecule has 1 amide bonds. The van der Waals surface area contributed by atoms with Crippen LogP contribution in [0.15, 0.2) is 24.3 Å². The van der Waals surface area contributed by atoms with Crippen molar-refractivity contribution in [3.05, 3.63) is 35.6 Å². The Labute approximate surface area is 130 Å². The van der Waals surface area contributed by atoms with E-state index in [1.54, 1.807) is 24.1 Å². The van der Waals surface area contributed by atoms with Crippen LogP contribution in [0.5, 0.6) is 0 Å². The van der Waals surface area contributed by atoms with E-state index in [4.69, 9.17) is 5.11 Å². The van der Waals surface area contributed by atoms with Gasteiger partial charge in [-0.1, -0.05) is 12.1 Å². The van der Waals surface area contributed by atoms with E-state index in [1.807, 2.05) is 13.8 Å². The zero-order valence-corrected chi connectivity index (χ0v) is 13.4. The second-order valence-electron chi connectivity index (χ2n) is 5.34. The van der Waals surface area contributed by atoms with E-state index >= 15 is 0 Å². The topological polar surface area (TPSA) is 60.9 Å². The van der Waals surface area contributed by atoms with Gasteiger partial charge in [-0.2, -0.15) is 0 Å². The third-order valence-corrected chi connectivity index (χ3v) is 3.88. The molecule has 5 nitrogen and oxygen atoms in total. The Morgan fingerprint density at radius 1 is 1.23 bits per heavy atom. The van der Waals surface area contributed by atoms with E-state index in [0.29, 0.717) is 6.54 Å². The van der Waals surface area contributed by atoms with Gasteiger partial charge in [0.15, 0.2) is 0 Å². The number of amides is 1. The maximum Gasteiger partial charge on any atom is 0.320 e. The number of nitrogens with zero attached hydrogens (tertiary/aromatic N) is 2. The van der Waals surface area contributed by atoms with E-state index in [0.717, 1.165) is 5.56 Å². The van der Waals surface area contributed by atoms with Gasteiger partial charge in [0.05, 0.1) is 12.6 Å². The molecule has 0 saturated carbocycles. The van der Waals surface area contributed by atoms with Crippen molar-refractivity contribution < 1.29 is 19.1 Å². The number of rotatable bonds is 7. The highest BCUT2D eigenvalue weighted by Gasteiger charge is 2.24. The number of hydrogen-bond acceptors (Lipinski definition) is 3. The minimum atomic E-state index is -0.968. The number of halogens is 1. The van der Waals surface area contributed by atoms with E-state index < -0.39 is 12.0 Å². The molecule has 1 aromatic carbocycles. The molecule has 0 aliphatic rings. The first-order chi connectivity index (χ1) is 10.3. The van der Waals surface area contributed by atoms with Crippen LogP contribution in [-0.4, -0.2) is 53.0 Å². The normalized spacial score (nSPS) is 13.7. The molecule has 1 rings (SSSR count). The molecule has 22 heavy (non-hydrogen) atoms. The predicted molar refractivity (Wildman–Crippen MR) is 81.9 cm³/mol. The monoisotopic (exact) mass is 310 g/mol. The quantitative estimate of drug-likeness (QED) is 0.838. The zero-order valence-electron chi connectivity index (χ0n) is 13.4. The lowest BCUT2D eigenvalue weighted by molar-refractivity contribution is -0.143. The fourth-order valence-electron chi connectivity index (χ4n) is 2.22. The number of carbonyl (C=O) groups excluding carboxylic acids is 1. The SMILES string of the molecule is CCN(C(=O)CN(C)C(C)C(=O)O)C(C)c1ccc(F)cc1. The van der Waals surface area contributed by atoms with Crippen molar-refractivity contribution >= 4 is 11.9 Å². The van der Waals surface area contributed by atoms with E-state index in [9.17, 15) is 14.0 Å². The van der Waals surface area contributed by atoms with Crippen LogP contribution < -0.4 is 0 Å². The van der Waals surface area contributed by atoms with Crippen LogP contribution in [-0.2, 0) is 9.59 Å². The standard InChI is InChI=1S/C16H23FN2O3/c1-5-19(11(2)13-6-8-14(17)9-7-13)15(20)10-18(4)12(3)16(21)22/h6-9,11-12H,5,10H2,1-4H3,(H,21,22). The second kappa shape index (κ2) is 7.89. The summed E-state index contributed by atoms with van der Waals surface area (Å²) in [5.41, 5.74) is 0.838. The van der Waals surface area contributed by atoms with Gasteiger partial charge in [0, 0.05) is 6.54 Å². The van der Waals surface area contributed by atoms with Crippen molar-refractivity contribution in [2.24, 2.45) is 0 Å². The van der Waals surface area contributed by atoms with Gasteiger partial charge in [-0.15, -0.1) is 0 Å². The summed E-state index contributed by atoms with van der Waals surface area (Å²) >= 11 is 0. The summed E-state index contributed by atoms with van der Waals surface area (Å²) < 4.78 is 13.0. The molecule has 0 saturated heterocycles. The van der Waals surface area contributed by atoms with Crippen molar-refractivity contribution in [2.75, 3.05) is 20.1 Å². The summed E-state index contributed by atoms with van der Waals surface area (Å²) in [5, 5.41) is 8.97. The maximum atomic E-state index is 13.0. The number of carboxylic acid groups (broad SMARTS) is 1. The minimum Gasteiger partial charge on any atom is -0.480 e. The second-order valence-corrected chi connectivity index (χ2v) is 5.34. The van der Waals surface area contributed by atoms with Gasteiger partial charge in [-0.3, -0.25) is 14.5 Å². The summed E-state index contributed by atoms with van der Waals surface area (Å²) in [6, 6.07) is 5.10. The number of hydrogen-bond donors (Lipinski definition) is 1. The minimum absolute atomic E-state index is 0.0207. The van der Waals surface area contributed by atoms with Crippen LogP contribution in [0.25, 0.3) is 0 Å². The fourth-order valence-corrected chi connectivity index (χ4v) is 2.22. The number of carboxylic acids is 1. The van der Waals surface area contributed by atoms with Crippen molar-refractivity contribution in [3.8, 4) is 0 Å². The fraction of sp³-hybridized carbons (Fsp3) is 0.500. The molecule has 0 fully saturated rings. The van der Waals surface area contributed by atoms with Crippen molar-refractivity contribution in [2.45, 2.75) is 32.9 Å². The van der Waals surface area contributed by atoms with Gasteiger partial charge < -0.3 is 10.0 Å². The Morgan fingerprint density at radius 2 is 1.77 bits per heavy atom.